The van der Waals surface area contributed by atoms with Gasteiger partial charge in [-0.2, -0.15) is 24.3 Å². The summed E-state index contributed by atoms with van der Waals surface area (Å²) in [6.07, 6.45) is 0. The van der Waals surface area contributed by atoms with Gasteiger partial charge in [0.25, 0.3) is 0 Å². The van der Waals surface area contributed by atoms with E-state index < -0.39 is 0 Å². The fraction of sp³-hybridized carbons (Fsp3) is 0.545. The molecule has 2 aromatic rings. The standard InChI is InChI=1S/2C11H18N.V/c2*1-4-12(5-2)10(3)11-8-6-7-9-11;/h2*6-10H,4-5H2,1-3H3;/q2*-1;+2. The molecule has 0 N–H and O–H groups in total. The van der Waals surface area contributed by atoms with E-state index in [2.05, 4.69) is 99.9 Å². The second-order valence-corrected chi connectivity index (χ2v) is 6.23. The minimum atomic E-state index is 0. The fourth-order valence-electron chi connectivity index (χ4n) is 3.30. The Labute approximate surface area is 167 Å². The first kappa shape index (κ1) is 24.2. The largest absolute Gasteiger partial charge is 2.00 e. The van der Waals surface area contributed by atoms with E-state index >= 15 is 0 Å². The van der Waals surface area contributed by atoms with Crippen LogP contribution in [0.4, 0.5) is 0 Å². The van der Waals surface area contributed by atoms with Gasteiger partial charge in [-0.15, -0.1) is 11.1 Å². The molecule has 2 nitrogen and oxygen atoms in total. The maximum atomic E-state index is 2.45. The molecule has 0 aliphatic carbocycles. The van der Waals surface area contributed by atoms with E-state index in [1.54, 1.807) is 0 Å². The van der Waals surface area contributed by atoms with Gasteiger partial charge in [-0.25, -0.2) is 24.3 Å². The zero-order chi connectivity index (χ0) is 17.9. The van der Waals surface area contributed by atoms with E-state index in [0.717, 1.165) is 26.2 Å². The summed E-state index contributed by atoms with van der Waals surface area (Å²) in [4.78, 5) is 4.91. The van der Waals surface area contributed by atoms with E-state index in [1.165, 1.54) is 11.1 Å². The molecule has 1 radical (unpaired) electrons. The van der Waals surface area contributed by atoms with Gasteiger partial charge in [0.1, 0.15) is 0 Å². The van der Waals surface area contributed by atoms with E-state index in [-0.39, 0.29) is 18.6 Å². The van der Waals surface area contributed by atoms with Crippen LogP contribution in [0.25, 0.3) is 0 Å². The van der Waals surface area contributed by atoms with Crippen molar-refractivity contribution in [2.45, 2.75) is 53.6 Å². The third kappa shape index (κ3) is 7.54. The van der Waals surface area contributed by atoms with Gasteiger partial charge in [0.15, 0.2) is 0 Å². The van der Waals surface area contributed by atoms with Gasteiger partial charge in [0.2, 0.25) is 0 Å². The maximum absolute atomic E-state index is 2.45. The van der Waals surface area contributed by atoms with Gasteiger partial charge in [0, 0.05) is 0 Å². The van der Waals surface area contributed by atoms with Crippen molar-refractivity contribution in [2.75, 3.05) is 26.2 Å². The third-order valence-corrected chi connectivity index (χ3v) is 5.06. The van der Waals surface area contributed by atoms with Crippen molar-refractivity contribution in [3.8, 4) is 0 Å². The first-order valence-electron chi connectivity index (χ1n) is 9.50. The van der Waals surface area contributed by atoms with Gasteiger partial charge in [0.05, 0.1) is 0 Å². The van der Waals surface area contributed by atoms with Crippen molar-refractivity contribution in [1.82, 2.24) is 9.80 Å². The molecular weight excluding hydrogens is 343 g/mol. The number of hydrogen-bond donors (Lipinski definition) is 0. The zero-order valence-corrected chi connectivity index (χ0v) is 18.3. The minimum Gasteiger partial charge on any atom is -0.308 e. The van der Waals surface area contributed by atoms with Crippen LogP contribution in [0.1, 0.15) is 64.8 Å². The van der Waals surface area contributed by atoms with Crippen LogP contribution < -0.4 is 0 Å². The SMILES string of the molecule is CCN(CC)C(C)[c-]1cccc1.CCN(CC)C(C)[c-]1cccc1.[V+2]. The Kier molecular flexibility index (Phi) is 13.0. The predicted molar refractivity (Wildman–Crippen MR) is 107 cm³/mol. The molecule has 3 heteroatoms. The summed E-state index contributed by atoms with van der Waals surface area (Å²) < 4.78 is 0. The molecule has 0 heterocycles. The monoisotopic (exact) mass is 379 g/mol. The van der Waals surface area contributed by atoms with E-state index in [9.17, 15) is 0 Å². The van der Waals surface area contributed by atoms with Crippen LogP contribution in [0.2, 0.25) is 0 Å². The molecule has 2 atom stereocenters. The molecule has 0 aliphatic rings. The Morgan fingerprint density at radius 2 is 0.840 bits per heavy atom. The second-order valence-electron chi connectivity index (χ2n) is 6.23. The predicted octanol–water partition coefficient (Wildman–Crippen LogP) is 5.61. The van der Waals surface area contributed by atoms with Gasteiger partial charge in [-0.1, -0.05) is 41.5 Å². The Balaban J connectivity index is 0.000000443. The van der Waals surface area contributed by atoms with Crippen molar-refractivity contribution in [1.29, 1.82) is 0 Å². The molecule has 0 amide bonds. The van der Waals surface area contributed by atoms with Crippen LogP contribution in [-0.4, -0.2) is 36.0 Å². The summed E-state index contributed by atoms with van der Waals surface area (Å²) in [5, 5.41) is 0. The van der Waals surface area contributed by atoms with E-state index in [0.29, 0.717) is 12.1 Å². The molecule has 139 valence electrons. The summed E-state index contributed by atoms with van der Waals surface area (Å²) in [5.41, 5.74) is 2.86. The smallest absolute Gasteiger partial charge is 0.308 e. The van der Waals surface area contributed by atoms with E-state index in [1.807, 2.05) is 0 Å². The Bertz CT molecular complexity index is 448. The average Bonchev–Trinajstić information content (AvgIpc) is 3.31. The van der Waals surface area contributed by atoms with Crippen LogP contribution in [-0.2, 0) is 18.6 Å². The molecule has 2 rings (SSSR count). The summed E-state index contributed by atoms with van der Waals surface area (Å²) in [6.45, 7) is 17.9. The fourth-order valence-corrected chi connectivity index (χ4v) is 3.30. The minimum absolute atomic E-state index is 0. The van der Waals surface area contributed by atoms with Crippen LogP contribution >= 0.6 is 0 Å². The van der Waals surface area contributed by atoms with Crippen molar-refractivity contribution >= 4 is 0 Å². The molecule has 0 fully saturated rings. The Morgan fingerprint density at radius 1 is 0.600 bits per heavy atom. The van der Waals surface area contributed by atoms with Crippen LogP contribution in [0, 0.1) is 0 Å². The first-order valence-corrected chi connectivity index (χ1v) is 9.50. The summed E-state index contributed by atoms with van der Waals surface area (Å²) in [7, 11) is 0. The third-order valence-electron chi connectivity index (χ3n) is 5.06. The molecule has 2 unspecified atom stereocenters. The topological polar surface area (TPSA) is 6.48 Å². The van der Waals surface area contributed by atoms with Crippen LogP contribution in [0.3, 0.4) is 0 Å². The number of hydrogen-bond acceptors (Lipinski definition) is 2. The number of nitrogens with zero attached hydrogens (tertiary/aromatic N) is 2. The molecule has 0 bridgehead atoms. The second kappa shape index (κ2) is 13.4. The average molecular weight is 379 g/mol. The molecule has 2 aromatic carbocycles. The van der Waals surface area contributed by atoms with Crippen molar-refractivity contribution in [3.63, 3.8) is 0 Å². The molecule has 0 saturated heterocycles. The van der Waals surface area contributed by atoms with E-state index in [4.69, 9.17) is 0 Å². The summed E-state index contributed by atoms with van der Waals surface area (Å²) >= 11 is 0. The van der Waals surface area contributed by atoms with Crippen molar-refractivity contribution < 1.29 is 18.6 Å². The molecule has 0 aliphatic heterocycles. The molecule has 25 heavy (non-hydrogen) atoms. The quantitative estimate of drug-likeness (QED) is 0.550. The molecule has 0 aromatic heterocycles. The molecule has 0 saturated carbocycles. The Hall–Kier alpha value is -0.796. The van der Waals surface area contributed by atoms with Crippen LogP contribution in [0.15, 0.2) is 48.5 Å². The summed E-state index contributed by atoms with van der Waals surface area (Å²) in [6, 6.07) is 18.3. The normalized spacial score (nSPS) is 13.1. The first-order chi connectivity index (χ1) is 11.6. The zero-order valence-electron chi connectivity index (χ0n) is 16.9. The van der Waals surface area contributed by atoms with Gasteiger partial charge in [-0.05, 0) is 38.3 Å². The van der Waals surface area contributed by atoms with Gasteiger partial charge < -0.3 is 9.80 Å². The van der Waals surface area contributed by atoms with Crippen LogP contribution in [0.5, 0.6) is 0 Å². The van der Waals surface area contributed by atoms with Crippen molar-refractivity contribution in [3.05, 3.63) is 59.7 Å². The van der Waals surface area contributed by atoms with Crippen molar-refractivity contribution in [2.24, 2.45) is 0 Å². The Morgan fingerprint density at radius 3 is 1.04 bits per heavy atom. The van der Waals surface area contributed by atoms with Gasteiger partial charge in [-0.3, -0.25) is 0 Å². The number of rotatable bonds is 8. The molecular formula is C22H36N2V. The maximum Gasteiger partial charge on any atom is 2.00 e. The van der Waals surface area contributed by atoms with Gasteiger partial charge >= 0.3 is 18.6 Å². The molecule has 0 spiro atoms. The summed E-state index contributed by atoms with van der Waals surface area (Å²) in [5.74, 6) is 0.